The highest BCUT2D eigenvalue weighted by molar-refractivity contribution is 5.76. The number of non-ortho nitro benzene ring substituents is 1. The van der Waals surface area contributed by atoms with Crippen LogP contribution in [0.5, 0.6) is 5.75 Å². The SMILES string of the molecule is CN1c2ccccc2C(C)(C)C12C=Cc1cc([N+](=O)[O-])cc(CN(CC(=O)OC(C)(C)C)CC(=O)OC(C)(C)C)c1O2. The highest BCUT2D eigenvalue weighted by atomic mass is 16.6. The van der Waals surface area contributed by atoms with E-state index in [1.54, 1.807) is 46.4 Å². The maximum absolute atomic E-state index is 12.9. The first-order chi connectivity index (χ1) is 19.3. The van der Waals surface area contributed by atoms with Gasteiger partial charge in [-0.2, -0.15) is 0 Å². The summed E-state index contributed by atoms with van der Waals surface area (Å²) < 4.78 is 17.9. The third-order valence-corrected chi connectivity index (χ3v) is 7.41. The fourth-order valence-electron chi connectivity index (χ4n) is 5.68. The van der Waals surface area contributed by atoms with Crippen LogP contribution < -0.4 is 9.64 Å². The van der Waals surface area contributed by atoms with Gasteiger partial charge < -0.3 is 19.1 Å². The molecule has 2 aromatic carbocycles. The highest BCUT2D eigenvalue weighted by Crippen LogP contribution is 2.54. The highest BCUT2D eigenvalue weighted by Gasteiger charge is 2.57. The van der Waals surface area contributed by atoms with Crippen LogP contribution in [0.3, 0.4) is 0 Å². The van der Waals surface area contributed by atoms with Gasteiger partial charge in [0.2, 0.25) is 5.72 Å². The van der Waals surface area contributed by atoms with E-state index in [1.165, 1.54) is 12.1 Å². The van der Waals surface area contributed by atoms with Gasteiger partial charge in [0.05, 0.1) is 23.4 Å². The molecule has 1 atom stereocenters. The molecule has 226 valence electrons. The van der Waals surface area contributed by atoms with Gasteiger partial charge in [-0.25, -0.2) is 0 Å². The lowest BCUT2D eigenvalue weighted by atomic mass is 9.76. The van der Waals surface area contributed by atoms with Crippen LogP contribution in [0.15, 0.2) is 42.5 Å². The third kappa shape index (κ3) is 6.13. The minimum Gasteiger partial charge on any atom is -0.462 e. The number of nitro groups is 1. The molecule has 2 heterocycles. The Balaban J connectivity index is 1.76. The Morgan fingerprint density at radius 3 is 2.10 bits per heavy atom. The molecule has 0 bridgehead atoms. The van der Waals surface area contributed by atoms with Crippen molar-refractivity contribution in [3.8, 4) is 5.75 Å². The molecule has 2 aliphatic heterocycles. The first-order valence-corrected chi connectivity index (χ1v) is 14.0. The van der Waals surface area contributed by atoms with E-state index in [1.807, 2.05) is 37.4 Å². The fraction of sp³-hybridized carbons (Fsp3) is 0.500. The van der Waals surface area contributed by atoms with Crippen LogP contribution in [0.25, 0.3) is 6.08 Å². The van der Waals surface area contributed by atoms with E-state index in [-0.39, 0.29) is 25.3 Å². The molecule has 0 saturated carbocycles. The Labute approximate surface area is 247 Å². The van der Waals surface area contributed by atoms with Crippen molar-refractivity contribution in [2.45, 2.75) is 84.3 Å². The van der Waals surface area contributed by atoms with Crippen LogP contribution >= 0.6 is 0 Å². The quantitative estimate of drug-likeness (QED) is 0.235. The van der Waals surface area contributed by atoms with Gasteiger partial charge in [0, 0.05) is 42.5 Å². The molecule has 4 rings (SSSR count). The average molecular weight is 580 g/mol. The van der Waals surface area contributed by atoms with Gasteiger partial charge in [-0.1, -0.05) is 18.2 Å². The lowest BCUT2D eigenvalue weighted by Gasteiger charge is -2.46. The van der Waals surface area contributed by atoms with Crippen molar-refractivity contribution in [2.24, 2.45) is 0 Å². The van der Waals surface area contributed by atoms with Gasteiger partial charge in [-0.3, -0.25) is 24.6 Å². The van der Waals surface area contributed by atoms with Crippen LogP contribution in [0.1, 0.15) is 72.1 Å². The number of rotatable bonds is 7. The van der Waals surface area contributed by atoms with Crippen LogP contribution in [0.4, 0.5) is 11.4 Å². The number of para-hydroxylation sites is 1. The number of nitrogens with zero attached hydrogens (tertiary/aromatic N) is 3. The zero-order chi connectivity index (χ0) is 31.3. The largest absolute Gasteiger partial charge is 0.462 e. The number of benzene rings is 2. The number of nitro benzene ring substituents is 1. The van der Waals surface area contributed by atoms with E-state index in [9.17, 15) is 19.7 Å². The van der Waals surface area contributed by atoms with Crippen molar-refractivity contribution in [3.63, 3.8) is 0 Å². The summed E-state index contributed by atoms with van der Waals surface area (Å²) in [4.78, 5) is 40.8. The molecule has 1 spiro atoms. The number of likely N-dealkylation sites (N-methyl/N-ethyl adjacent to an activating group) is 1. The zero-order valence-corrected chi connectivity index (χ0v) is 25.9. The summed E-state index contributed by atoms with van der Waals surface area (Å²) in [5.74, 6) is -0.612. The van der Waals surface area contributed by atoms with Gasteiger partial charge in [0.15, 0.2) is 0 Å². The summed E-state index contributed by atoms with van der Waals surface area (Å²) in [5.41, 5.74) is 0.157. The van der Waals surface area contributed by atoms with Gasteiger partial charge in [0.1, 0.15) is 17.0 Å². The second-order valence-electron chi connectivity index (χ2n) is 13.4. The molecule has 0 radical (unpaired) electrons. The van der Waals surface area contributed by atoms with E-state index in [4.69, 9.17) is 14.2 Å². The fourth-order valence-corrected chi connectivity index (χ4v) is 5.68. The molecular formula is C32H41N3O7. The molecule has 0 saturated heterocycles. The summed E-state index contributed by atoms with van der Waals surface area (Å²) in [7, 11) is 1.96. The summed E-state index contributed by atoms with van der Waals surface area (Å²) >= 11 is 0. The molecular weight excluding hydrogens is 538 g/mol. The van der Waals surface area contributed by atoms with Crippen molar-refractivity contribution < 1.29 is 28.7 Å². The average Bonchev–Trinajstić information content (AvgIpc) is 3.00. The number of fused-ring (bicyclic) bond motifs is 2. The van der Waals surface area contributed by atoms with Crippen LogP contribution in [0.2, 0.25) is 0 Å². The molecule has 10 nitrogen and oxygen atoms in total. The van der Waals surface area contributed by atoms with E-state index in [2.05, 4.69) is 24.8 Å². The minimum absolute atomic E-state index is 0.00348. The Kier molecular flexibility index (Phi) is 7.92. The predicted molar refractivity (Wildman–Crippen MR) is 160 cm³/mol. The molecule has 0 amide bonds. The topological polar surface area (TPSA) is 111 Å². The maximum Gasteiger partial charge on any atom is 0.320 e. The van der Waals surface area contributed by atoms with E-state index in [0.29, 0.717) is 16.9 Å². The first-order valence-electron chi connectivity index (χ1n) is 14.0. The molecule has 2 aromatic rings. The molecule has 0 N–H and O–H groups in total. The summed E-state index contributed by atoms with van der Waals surface area (Å²) in [6, 6.07) is 11.0. The Morgan fingerprint density at radius 1 is 1.00 bits per heavy atom. The number of hydrogen-bond donors (Lipinski definition) is 0. The van der Waals surface area contributed by atoms with Crippen LogP contribution in [0, 0.1) is 10.1 Å². The lowest BCUT2D eigenvalue weighted by Crippen LogP contribution is -2.58. The van der Waals surface area contributed by atoms with E-state index >= 15 is 0 Å². The van der Waals surface area contributed by atoms with Gasteiger partial charge in [0.25, 0.3) is 5.69 Å². The molecule has 42 heavy (non-hydrogen) atoms. The van der Waals surface area contributed by atoms with E-state index < -0.39 is 39.2 Å². The van der Waals surface area contributed by atoms with Gasteiger partial charge >= 0.3 is 11.9 Å². The number of carbonyl (C=O) groups excluding carboxylic acids is 2. The van der Waals surface area contributed by atoms with Gasteiger partial charge in [-0.15, -0.1) is 0 Å². The molecule has 0 aliphatic carbocycles. The second-order valence-corrected chi connectivity index (χ2v) is 13.4. The smallest absolute Gasteiger partial charge is 0.320 e. The van der Waals surface area contributed by atoms with Crippen molar-refractivity contribution in [1.29, 1.82) is 0 Å². The normalized spacial score (nSPS) is 18.9. The van der Waals surface area contributed by atoms with Crippen molar-refractivity contribution in [3.05, 3.63) is 69.3 Å². The number of hydrogen-bond acceptors (Lipinski definition) is 9. The molecule has 0 aromatic heterocycles. The maximum atomic E-state index is 12.9. The molecule has 0 fully saturated rings. The van der Waals surface area contributed by atoms with Crippen molar-refractivity contribution in [1.82, 2.24) is 4.90 Å². The van der Waals surface area contributed by atoms with Crippen LogP contribution in [-0.4, -0.2) is 58.8 Å². The summed E-state index contributed by atoms with van der Waals surface area (Å²) in [6.45, 7) is 14.3. The minimum atomic E-state index is -0.921. The number of anilines is 1. The van der Waals surface area contributed by atoms with E-state index in [0.717, 1.165) is 11.3 Å². The van der Waals surface area contributed by atoms with Gasteiger partial charge in [-0.05, 0) is 79.2 Å². The Hall–Kier alpha value is -3.92. The van der Waals surface area contributed by atoms with Crippen molar-refractivity contribution in [2.75, 3.05) is 25.0 Å². The molecule has 1 unspecified atom stereocenters. The van der Waals surface area contributed by atoms with Crippen molar-refractivity contribution >= 4 is 29.4 Å². The second kappa shape index (κ2) is 10.7. The monoisotopic (exact) mass is 579 g/mol. The standard InChI is InChI=1S/C32H41N3O7/c1-29(2,3)40-26(36)19-34(20-27(37)41-30(4,5)6)18-22-17-23(35(38)39)16-21-14-15-32(42-28(21)22)31(7,8)24-12-10-11-13-25(24)33(32)9/h10-17H,18-20H2,1-9H3. The molecule has 10 heteroatoms. The molecule has 2 aliphatic rings. The first kappa shape index (κ1) is 31.0. The Morgan fingerprint density at radius 2 is 1.57 bits per heavy atom. The lowest BCUT2D eigenvalue weighted by molar-refractivity contribution is -0.385. The number of ether oxygens (including phenoxy) is 3. The number of carbonyl (C=O) groups is 2. The van der Waals surface area contributed by atoms with Crippen LogP contribution in [-0.2, 0) is 31.0 Å². The zero-order valence-electron chi connectivity index (χ0n) is 25.9. The predicted octanol–water partition coefficient (Wildman–Crippen LogP) is 5.61. The third-order valence-electron chi connectivity index (χ3n) is 7.41. The number of esters is 2. The summed E-state index contributed by atoms with van der Waals surface area (Å²) in [6.07, 6.45) is 3.80. The summed E-state index contributed by atoms with van der Waals surface area (Å²) in [5, 5.41) is 11.9. The Bertz CT molecular complexity index is 1400.